The van der Waals surface area contributed by atoms with Crippen LogP contribution in [0.3, 0.4) is 0 Å². The molecule has 1 saturated heterocycles. The quantitative estimate of drug-likeness (QED) is 0.686. The molecule has 3 atom stereocenters. The fourth-order valence-electron chi connectivity index (χ4n) is 2.02. The molecule has 4 heteroatoms. The van der Waals surface area contributed by atoms with E-state index in [1.54, 1.807) is 0 Å². The summed E-state index contributed by atoms with van der Waals surface area (Å²) in [7, 11) is 0. The van der Waals surface area contributed by atoms with Crippen LogP contribution in [0, 0.1) is 0 Å². The van der Waals surface area contributed by atoms with Gasteiger partial charge in [0.1, 0.15) is 0 Å². The number of aliphatic hydroxyl groups is 1. The number of unbranched alkanes of at least 4 members (excludes halogenated alkanes) is 1. The smallest absolute Gasteiger partial charge is 0.0900 e. The molecule has 1 aliphatic heterocycles. The second kappa shape index (κ2) is 8.03. The van der Waals surface area contributed by atoms with Crippen LogP contribution in [0.4, 0.5) is 0 Å². The monoisotopic (exact) mass is 245 g/mol. The Bertz CT molecular complexity index is 201. The van der Waals surface area contributed by atoms with Gasteiger partial charge in [0, 0.05) is 25.7 Å². The average Bonchev–Trinajstić information content (AvgIpc) is 2.29. The Morgan fingerprint density at radius 3 is 2.94 bits per heavy atom. The zero-order chi connectivity index (χ0) is 12.7. The molecule has 0 aromatic heterocycles. The molecule has 0 aromatic carbocycles. The van der Waals surface area contributed by atoms with Crippen molar-refractivity contribution < 1.29 is 14.6 Å². The van der Waals surface area contributed by atoms with E-state index in [1.165, 1.54) is 0 Å². The van der Waals surface area contributed by atoms with Crippen molar-refractivity contribution in [3.8, 4) is 0 Å². The van der Waals surface area contributed by atoms with Gasteiger partial charge in [-0.3, -0.25) is 4.90 Å². The molecule has 0 aromatic rings. The molecule has 4 nitrogen and oxygen atoms in total. The van der Waals surface area contributed by atoms with E-state index in [9.17, 15) is 5.11 Å². The molecule has 1 rings (SSSR count). The number of β-amino-alcohol motifs (C(OH)–C–C–N with tert-alkyl or cyclic N) is 1. The normalized spacial score (nSPS) is 28.2. The number of rotatable bonds is 7. The van der Waals surface area contributed by atoms with Crippen molar-refractivity contribution in [1.29, 1.82) is 0 Å². The Hall–Kier alpha value is -0.160. The first kappa shape index (κ1) is 14.9. The molecule has 0 bridgehead atoms. The minimum atomic E-state index is -0.389. The van der Waals surface area contributed by atoms with Crippen molar-refractivity contribution in [1.82, 2.24) is 4.90 Å². The molecule has 1 fully saturated rings. The molecule has 0 radical (unpaired) electrons. The Morgan fingerprint density at radius 1 is 1.47 bits per heavy atom. The van der Waals surface area contributed by atoms with Gasteiger partial charge in [0.2, 0.25) is 0 Å². The predicted molar refractivity (Wildman–Crippen MR) is 68.2 cm³/mol. The van der Waals surface area contributed by atoms with Gasteiger partial charge in [0.15, 0.2) is 0 Å². The van der Waals surface area contributed by atoms with Crippen molar-refractivity contribution in [2.24, 2.45) is 0 Å². The number of ether oxygens (including phenoxy) is 2. The molecule has 3 unspecified atom stereocenters. The number of nitrogens with zero attached hydrogens (tertiary/aromatic N) is 1. The third-order valence-electron chi connectivity index (χ3n) is 3.13. The first-order valence-electron chi connectivity index (χ1n) is 6.75. The van der Waals surface area contributed by atoms with Crippen LogP contribution in [0.25, 0.3) is 0 Å². The van der Waals surface area contributed by atoms with E-state index in [0.29, 0.717) is 19.2 Å². The highest BCUT2D eigenvalue weighted by molar-refractivity contribution is 4.77. The lowest BCUT2D eigenvalue weighted by atomic mass is 10.2. The molecule has 1 aliphatic rings. The highest BCUT2D eigenvalue weighted by atomic mass is 16.5. The van der Waals surface area contributed by atoms with E-state index in [0.717, 1.165) is 32.6 Å². The first-order chi connectivity index (χ1) is 8.13. The maximum Gasteiger partial charge on any atom is 0.0900 e. The van der Waals surface area contributed by atoms with Gasteiger partial charge in [0.25, 0.3) is 0 Å². The van der Waals surface area contributed by atoms with Gasteiger partial charge in [-0.1, -0.05) is 13.3 Å². The summed E-state index contributed by atoms with van der Waals surface area (Å²) in [6, 6.07) is 0.386. The minimum Gasteiger partial charge on any atom is -0.389 e. The number of morpholine rings is 1. The van der Waals surface area contributed by atoms with Crippen LogP contribution in [0.15, 0.2) is 0 Å². The number of hydrogen-bond donors (Lipinski definition) is 1. The Balaban J connectivity index is 2.17. The summed E-state index contributed by atoms with van der Waals surface area (Å²) in [6.45, 7) is 9.87. The maximum atomic E-state index is 9.90. The maximum absolute atomic E-state index is 9.90. The van der Waals surface area contributed by atoms with Crippen LogP contribution in [0.1, 0.15) is 33.6 Å². The molecular formula is C13H27NO3. The lowest BCUT2D eigenvalue weighted by Gasteiger charge is -2.37. The zero-order valence-corrected chi connectivity index (χ0v) is 11.4. The van der Waals surface area contributed by atoms with Gasteiger partial charge in [-0.15, -0.1) is 0 Å². The van der Waals surface area contributed by atoms with E-state index in [4.69, 9.17) is 9.47 Å². The van der Waals surface area contributed by atoms with Crippen LogP contribution >= 0.6 is 0 Å². The van der Waals surface area contributed by atoms with Gasteiger partial charge >= 0.3 is 0 Å². The second-order valence-corrected chi connectivity index (χ2v) is 5.03. The van der Waals surface area contributed by atoms with Crippen LogP contribution in [0.2, 0.25) is 0 Å². The standard InChI is InChI=1S/C13H27NO3/c1-4-5-6-16-10-13(15)8-14-7-12(3)17-9-11(14)2/h11-13,15H,4-10H2,1-3H3. The van der Waals surface area contributed by atoms with Gasteiger partial charge in [0.05, 0.1) is 25.4 Å². The van der Waals surface area contributed by atoms with Gasteiger partial charge in [-0.05, 0) is 20.3 Å². The van der Waals surface area contributed by atoms with Crippen LogP contribution < -0.4 is 0 Å². The first-order valence-corrected chi connectivity index (χ1v) is 6.75. The second-order valence-electron chi connectivity index (χ2n) is 5.03. The van der Waals surface area contributed by atoms with E-state index < -0.39 is 0 Å². The van der Waals surface area contributed by atoms with Crippen molar-refractivity contribution in [2.45, 2.75) is 51.9 Å². The van der Waals surface area contributed by atoms with E-state index >= 15 is 0 Å². The number of hydrogen-bond acceptors (Lipinski definition) is 4. The Kier molecular flexibility index (Phi) is 7.04. The molecule has 1 heterocycles. The Labute approximate surface area is 105 Å². The fraction of sp³-hybridized carbons (Fsp3) is 1.00. The summed E-state index contributed by atoms with van der Waals surface area (Å²) >= 11 is 0. The third kappa shape index (κ3) is 5.82. The summed E-state index contributed by atoms with van der Waals surface area (Å²) in [5.74, 6) is 0. The lowest BCUT2D eigenvalue weighted by molar-refractivity contribution is -0.0703. The molecule has 1 N–H and O–H groups in total. The summed E-state index contributed by atoms with van der Waals surface area (Å²) in [5.41, 5.74) is 0. The van der Waals surface area contributed by atoms with Crippen LogP contribution in [-0.4, -0.2) is 61.2 Å². The van der Waals surface area contributed by atoms with Crippen LogP contribution in [-0.2, 0) is 9.47 Å². The summed E-state index contributed by atoms with van der Waals surface area (Å²) in [5, 5.41) is 9.90. The largest absolute Gasteiger partial charge is 0.389 e. The summed E-state index contributed by atoms with van der Waals surface area (Å²) < 4.78 is 11.0. The van der Waals surface area contributed by atoms with E-state index in [2.05, 4.69) is 25.7 Å². The molecule has 102 valence electrons. The highest BCUT2D eigenvalue weighted by Crippen LogP contribution is 2.11. The van der Waals surface area contributed by atoms with Gasteiger partial charge in [-0.25, -0.2) is 0 Å². The third-order valence-corrected chi connectivity index (χ3v) is 3.13. The molecule has 0 spiro atoms. The number of aliphatic hydroxyl groups excluding tert-OH is 1. The molecule has 0 aliphatic carbocycles. The molecular weight excluding hydrogens is 218 g/mol. The van der Waals surface area contributed by atoms with Gasteiger partial charge < -0.3 is 14.6 Å². The Morgan fingerprint density at radius 2 is 2.24 bits per heavy atom. The minimum absolute atomic E-state index is 0.263. The molecule has 17 heavy (non-hydrogen) atoms. The van der Waals surface area contributed by atoms with Gasteiger partial charge in [-0.2, -0.15) is 0 Å². The fourth-order valence-corrected chi connectivity index (χ4v) is 2.02. The lowest BCUT2D eigenvalue weighted by Crippen LogP contribution is -2.50. The summed E-state index contributed by atoms with van der Waals surface area (Å²) in [4.78, 5) is 2.28. The average molecular weight is 245 g/mol. The van der Waals surface area contributed by atoms with E-state index in [1.807, 2.05) is 0 Å². The predicted octanol–water partition coefficient (Wildman–Crippen LogP) is 1.27. The van der Waals surface area contributed by atoms with Crippen molar-refractivity contribution in [2.75, 3.05) is 32.9 Å². The molecule has 0 saturated carbocycles. The highest BCUT2D eigenvalue weighted by Gasteiger charge is 2.24. The summed E-state index contributed by atoms with van der Waals surface area (Å²) in [6.07, 6.45) is 2.07. The van der Waals surface area contributed by atoms with Crippen molar-refractivity contribution in [3.63, 3.8) is 0 Å². The SMILES string of the molecule is CCCCOCC(O)CN1CC(C)OCC1C. The van der Waals surface area contributed by atoms with Crippen LogP contribution in [0.5, 0.6) is 0 Å². The van der Waals surface area contributed by atoms with Crippen molar-refractivity contribution >= 4 is 0 Å². The zero-order valence-electron chi connectivity index (χ0n) is 11.4. The van der Waals surface area contributed by atoms with Crippen molar-refractivity contribution in [3.05, 3.63) is 0 Å². The molecule has 0 amide bonds. The van der Waals surface area contributed by atoms with E-state index in [-0.39, 0.29) is 12.2 Å². The topological polar surface area (TPSA) is 41.9 Å².